The van der Waals surface area contributed by atoms with Gasteiger partial charge in [-0.3, -0.25) is 9.69 Å². The number of carboxylic acids is 1. The standard InChI is InChI=1S/C12H23N3O4/c1-2-14(9-10-16)12(19)15-7-5-13(6-8-15)4-3-11(17)18/h16H,2-10H2,1H3,(H,17,18). The Kier molecular flexibility index (Phi) is 6.58. The smallest absolute Gasteiger partial charge is 0.320 e. The summed E-state index contributed by atoms with van der Waals surface area (Å²) < 4.78 is 0. The fraction of sp³-hybridized carbons (Fsp3) is 0.833. The molecule has 0 bridgehead atoms. The van der Waals surface area contributed by atoms with Crippen LogP contribution in [0.4, 0.5) is 4.79 Å². The highest BCUT2D eigenvalue weighted by Crippen LogP contribution is 2.06. The highest BCUT2D eigenvalue weighted by atomic mass is 16.4. The molecule has 0 atom stereocenters. The SMILES string of the molecule is CCN(CCO)C(=O)N1CCN(CCC(=O)O)CC1. The van der Waals surface area contributed by atoms with Crippen LogP contribution >= 0.6 is 0 Å². The van der Waals surface area contributed by atoms with Crippen molar-refractivity contribution in [3.8, 4) is 0 Å². The summed E-state index contributed by atoms with van der Waals surface area (Å²) in [5.74, 6) is -0.793. The van der Waals surface area contributed by atoms with Gasteiger partial charge in [0, 0.05) is 45.8 Å². The van der Waals surface area contributed by atoms with Crippen molar-refractivity contribution >= 4 is 12.0 Å². The minimum absolute atomic E-state index is 0.0296. The lowest BCUT2D eigenvalue weighted by Crippen LogP contribution is -2.53. The lowest BCUT2D eigenvalue weighted by molar-refractivity contribution is -0.137. The van der Waals surface area contributed by atoms with E-state index in [2.05, 4.69) is 4.90 Å². The summed E-state index contributed by atoms with van der Waals surface area (Å²) in [4.78, 5) is 28.0. The van der Waals surface area contributed by atoms with Crippen LogP contribution < -0.4 is 0 Å². The number of aliphatic hydroxyl groups excluding tert-OH is 1. The lowest BCUT2D eigenvalue weighted by Gasteiger charge is -2.37. The summed E-state index contributed by atoms with van der Waals surface area (Å²) in [6, 6.07) is -0.0468. The molecule has 1 fully saturated rings. The molecule has 1 aliphatic heterocycles. The van der Waals surface area contributed by atoms with Gasteiger partial charge in [-0.1, -0.05) is 0 Å². The highest BCUT2D eigenvalue weighted by Gasteiger charge is 2.24. The van der Waals surface area contributed by atoms with E-state index in [0.717, 1.165) is 0 Å². The minimum Gasteiger partial charge on any atom is -0.481 e. The molecule has 2 N–H and O–H groups in total. The number of hydrogen-bond donors (Lipinski definition) is 2. The van der Waals surface area contributed by atoms with Gasteiger partial charge in [0.15, 0.2) is 0 Å². The summed E-state index contributed by atoms with van der Waals surface area (Å²) in [5, 5.41) is 17.5. The van der Waals surface area contributed by atoms with Crippen molar-refractivity contribution in [3.05, 3.63) is 0 Å². The number of likely N-dealkylation sites (N-methyl/N-ethyl adjacent to an activating group) is 1. The number of carbonyl (C=O) groups excluding carboxylic acids is 1. The van der Waals surface area contributed by atoms with E-state index in [4.69, 9.17) is 10.2 Å². The third-order valence-corrected chi connectivity index (χ3v) is 3.31. The number of carboxylic acid groups (broad SMARTS) is 1. The molecule has 0 radical (unpaired) electrons. The number of aliphatic carboxylic acids is 1. The predicted molar refractivity (Wildman–Crippen MR) is 70.0 cm³/mol. The van der Waals surface area contributed by atoms with Crippen molar-refractivity contribution < 1.29 is 19.8 Å². The third-order valence-electron chi connectivity index (χ3n) is 3.31. The van der Waals surface area contributed by atoms with E-state index >= 15 is 0 Å². The van der Waals surface area contributed by atoms with E-state index in [1.165, 1.54) is 0 Å². The van der Waals surface area contributed by atoms with Crippen molar-refractivity contribution in [1.82, 2.24) is 14.7 Å². The summed E-state index contributed by atoms with van der Waals surface area (Å²) in [6.07, 6.45) is 0.138. The molecule has 1 heterocycles. The number of piperazine rings is 1. The summed E-state index contributed by atoms with van der Waals surface area (Å²) in [5.41, 5.74) is 0. The predicted octanol–water partition coefficient (Wildman–Crippen LogP) is -0.487. The molecule has 19 heavy (non-hydrogen) atoms. The van der Waals surface area contributed by atoms with E-state index in [0.29, 0.717) is 45.8 Å². The van der Waals surface area contributed by atoms with Gasteiger partial charge in [-0.2, -0.15) is 0 Å². The second-order valence-corrected chi connectivity index (χ2v) is 4.56. The van der Waals surface area contributed by atoms with E-state index in [-0.39, 0.29) is 19.1 Å². The minimum atomic E-state index is -0.793. The quantitative estimate of drug-likeness (QED) is 0.682. The Balaban J connectivity index is 2.36. The second kappa shape index (κ2) is 7.96. The first-order valence-electron chi connectivity index (χ1n) is 6.67. The molecule has 2 amide bonds. The number of aliphatic hydroxyl groups is 1. The zero-order valence-electron chi connectivity index (χ0n) is 11.4. The number of urea groups is 1. The molecule has 0 aliphatic carbocycles. The van der Waals surface area contributed by atoms with Gasteiger partial charge >= 0.3 is 12.0 Å². The van der Waals surface area contributed by atoms with Crippen LogP contribution in [0, 0.1) is 0 Å². The largest absolute Gasteiger partial charge is 0.481 e. The van der Waals surface area contributed by atoms with Crippen LogP contribution in [-0.4, -0.2) is 89.3 Å². The Morgan fingerprint density at radius 2 is 1.84 bits per heavy atom. The van der Waals surface area contributed by atoms with Gasteiger partial charge in [0.1, 0.15) is 0 Å². The molecular weight excluding hydrogens is 250 g/mol. The Hall–Kier alpha value is -1.34. The molecule has 0 spiro atoms. The van der Waals surface area contributed by atoms with Crippen LogP contribution in [0.3, 0.4) is 0 Å². The molecule has 110 valence electrons. The number of amides is 2. The van der Waals surface area contributed by atoms with Crippen molar-refractivity contribution in [2.24, 2.45) is 0 Å². The Bertz CT molecular complexity index is 303. The molecule has 0 aromatic rings. The van der Waals surface area contributed by atoms with Crippen LogP contribution in [0.2, 0.25) is 0 Å². The topological polar surface area (TPSA) is 84.3 Å². The molecular formula is C12H23N3O4. The summed E-state index contributed by atoms with van der Waals surface area (Å²) >= 11 is 0. The van der Waals surface area contributed by atoms with Crippen molar-refractivity contribution in [1.29, 1.82) is 0 Å². The number of nitrogens with zero attached hydrogens (tertiary/aromatic N) is 3. The van der Waals surface area contributed by atoms with Gasteiger partial charge < -0.3 is 20.0 Å². The van der Waals surface area contributed by atoms with Crippen LogP contribution in [0.25, 0.3) is 0 Å². The van der Waals surface area contributed by atoms with Gasteiger partial charge in [-0.15, -0.1) is 0 Å². The first-order valence-corrected chi connectivity index (χ1v) is 6.67. The van der Waals surface area contributed by atoms with Crippen molar-refractivity contribution in [2.45, 2.75) is 13.3 Å². The Morgan fingerprint density at radius 1 is 1.21 bits per heavy atom. The van der Waals surface area contributed by atoms with E-state index in [9.17, 15) is 9.59 Å². The average molecular weight is 273 g/mol. The molecule has 1 saturated heterocycles. The van der Waals surface area contributed by atoms with E-state index in [1.807, 2.05) is 6.92 Å². The van der Waals surface area contributed by atoms with Gasteiger partial charge in [-0.05, 0) is 6.92 Å². The monoisotopic (exact) mass is 273 g/mol. The Labute approximate surface area is 113 Å². The molecule has 7 nitrogen and oxygen atoms in total. The van der Waals surface area contributed by atoms with Crippen LogP contribution in [0.15, 0.2) is 0 Å². The molecule has 0 saturated carbocycles. The average Bonchev–Trinajstić information content (AvgIpc) is 2.42. The fourth-order valence-corrected chi connectivity index (χ4v) is 2.13. The van der Waals surface area contributed by atoms with Gasteiger partial charge in [0.25, 0.3) is 0 Å². The summed E-state index contributed by atoms with van der Waals surface area (Å²) in [7, 11) is 0. The number of rotatable bonds is 6. The van der Waals surface area contributed by atoms with Crippen LogP contribution in [0.1, 0.15) is 13.3 Å². The second-order valence-electron chi connectivity index (χ2n) is 4.56. The maximum Gasteiger partial charge on any atom is 0.320 e. The lowest BCUT2D eigenvalue weighted by atomic mass is 10.3. The maximum atomic E-state index is 12.1. The first-order chi connectivity index (χ1) is 9.08. The molecule has 0 aromatic heterocycles. The van der Waals surface area contributed by atoms with Crippen LogP contribution in [-0.2, 0) is 4.79 Å². The zero-order chi connectivity index (χ0) is 14.3. The molecule has 0 unspecified atom stereocenters. The Morgan fingerprint density at radius 3 is 2.32 bits per heavy atom. The number of carbonyl (C=O) groups is 2. The molecule has 1 rings (SSSR count). The first kappa shape index (κ1) is 15.7. The normalized spacial score (nSPS) is 16.4. The van der Waals surface area contributed by atoms with Gasteiger partial charge in [-0.25, -0.2) is 4.79 Å². The maximum absolute atomic E-state index is 12.1. The zero-order valence-corrected chi connectivity index (χ0v) is 11.4. The van der Waals surface area contributed by atoms with Crippen LogP contribution in [0.5, 0.6) is 0 Å². The van der Waals surface area contributed by atoms with Gasteiger partial charge in [0.05, 0.1) is 13.0 Å². The fourth-order valence-electron chi connectivity index (χ4n) is 2.13. The van der Waals surface area contributed by atoms with Crippen molar-refractivity contribution in [3.63, 3.8) is 0 Å². The highest BCUT2D eigenvalue weighted by molar-refractivity contribution is 5.74. The molecule has 7 heteroatoms. The third kappa shape index (κ3) is 5.04. The van der Waals surface area contributed by atoms with E-state index in [1.54, 1.807) is 9.80 Å². The van der Waals surface area contributed by atoms with Gasteiger partial charge in [0.2, 0.25) is 0 Å². The van der Waals surface area contributed by atoms with Crippen molar-refractivity contribution in [2.75, 3.05) is 52.4 Å². The number of hydrogen-bond acceptors (Lipinski definition) is 4. The molecule has 1 aliphatic rings. The summed E-state index contributed by atoms with van der Waals surface area (Å²) in [6.45, 7) is 5.96. The van der Waals surface area contributed by atoms with E-state index < -0.39 is 5.97 Å². The molecule has 0 aromatic carbocycles.